The van der Waals surface area contributed by atoms with Gasteiger partial charge in [-0.3, -0.25) is 0 Å². The van der Waals surface area contributed by atoms with E-state index < -0.39 is 0 Å². The third-order valence-corrected chi connectivity index (χ3v) is 2.71. The van der Waals surface area contributed by atoms with Crippen molar-refractivity contribution in [3.63, 3.8) is 0 Å². The van der Waals surface area contributed by atoms with E-state index >= 15 is 0 Å². The molecule has 92 valence electrons. The van der Waals surface area contributed by atoms with Crippen LogP contribution in [0.1, 0.15) is 58.8 Å². The minimum absolute atomic E-state index is 0.147. The molecule has 0 aliphatic heterocycles. The van der Waals surface area contributed by atoms with Gasteiger partial charge in [0.15, 0.2) is 5.82 Å². The molecule has 0 aliphatic carbocycles. The zero-order chi connectivity index (χ0) is 12.3. The van der Waals surface area contributed by atoms with Crippen LogP contribution in [0.4, 0.5) is 0 Å². The molecule has 1 aromatic heterocycles. The third-order valence-electron chi connectivity index (χ3n) is 2.71. The summed E-state index contributed by atoms with van der Waals surface area (Å²) in [6, 6.07) is -0.147. The molecule has 0 radical (unpaired) electrons. The van der Waals surface area contributed by atoms with Crippen molar-refractivity contribution in [3.8, 4) is 0 Å². The molecule has 0 fully saturated rings. The van der Waals surface area contributed by atoms with Gasteiger partial charge in [-0.25, -0.2) is 0 Å². The molecule has 0 spiro atoms. The first-order valence-corrected chi connectivity index (χ1v) is 5.91. The number of hydrogen-bond acceptors (Lipinski definition) is 4. The quantitative estimate of drug-likeness (QED) is 0.855. The average molecular weight is 225 g/mol. The summed E-state index contributed by atoms with van der Waals surface area (Å²) in [6.45, 7) is 10.7. The minimum Gasteiger partial charge on any atom is -0.338 e. The van der Waals surface area contributed by atoms with E-state index in [4.69, 9.17) is 10.3 Å². The highest BCUT2D eigenvalue weighted by atomic mass is 16.5. The zero-order valence-electron chi connectivity index (χ0n) is 10.9. The van der Waals surface area contributed by atoms with E-state index in [1.165, 1.54) is 0 Å². The van der Waals surface area contributed by atoms with E-state index in [0.29, 0.717) is 11.8 Å². The van der Waals surface area contributed by atoms with Crippen molar-refractivity contribution in [1.82, 2.24) is 10.1 Å². The standard InChI is InChI=1S/C12H23N3O/c1-6-8(2)10(13)11-14-9(15-16-11)7-12(3,4)5/h8,10H,6-7,13H2,1-5H3/t8-,10-/m0/s1. The highest BCUT2D eigenvalue weighted by Gasteiger charge is 2.22. The Morgan fingerprint density at radius 3 is 2.50 bits per heavy atom. The first kappa shape index (κ1) is 13.2. The Labute approximate surface area is 97.6 Å². The van der Waals surface area contributed by atoms with Crippen LogP contribution in [0.3, 0.4) is 0 Å². The van der Waals surface area contributed by atoms with Gasteiger partial charge in [-0.2, -0.15) is 4.98 Å². The molecule has 0 bridgehead atoms. The van der Waals surface area contributed by atoms with Crippen molar-refractivity contribution < 1.29 is 4.52 Å². The molecular weight excluding hydrogens is 202 g/mol. The van der Waals surface area contributed by atoms with Crippen LogP contribution in [0.25, 0.3) is 0 Å². The molecule has 0 amide bonds. The van der Waals surface area contributed by atoms with E-state index in [0.717, 1.165) is 18.7 Å². The van der Waals surface area contributed by atoms with Gasteiger partial charge in [-0.1, -0.05) is 46.2 Å². The van der Waals surface area contributed by atoms with Gasteiger partial charge in [-0.15, -0.1) is 0 Å². The topological polar surface area (TPSA) is 64.9 Å². The summed E-state index contributed by atoms with van der Waals surface area (Å²) < 4.78 is 5.21. The Balaban J connectivity index is 2.71. The molecule has 0 unspecified atom stereocenters. The van der Waals surface area contributed by atoms with Crippen LogP contribution < -0.4 is 5.73 Å². The summed E-state index contributed by atoms with van der Waals surface area (Å²) in [5.41, 5.74) is 6.20. The molecule has 0 saturated heterocycles. The Hall–Kier alpha value is -0.900. The summed E-state index contributed by atoms with van der Waals surface area (Å²) in [7, 11) is 0. The maximum atomic E-state index is 6.03. The molecular formula is C12H23N3O. The van der Waals surface area contributed by atoms with Crippen molar-refractivity contribution >= 4 is 0 Å². The molecule has 0 aromatic carbocycles. The number of nitrogens with zero attached hydrogens (tertiary/aromatic N) is 2. The molecule has 1 aromatic rings. The van der Waals surface area contributed by atoms with Crippen LogP contribution in [0.2, 0.25) is 0 Å². The lowest BCUT2D eigenvalue weighted by Gasteiger charge is -2.15. The van der Waals surface area contributed by atoms with Crippen molar-refractivity contribution in [1.29, 1.82) is 0 Å². The Kier molecular flexibility index (Phi) is 4.08. The largest absolute Gasteiger partial charge is 0.338 e. The van der Waals surface area contributed by atoms with Crippen molar-refractivity contribution in [3.05, 3.63) is 11.7 Å². The molecule has 16 heavy (non-hydrogen) atoms. The monoisotopic (exact) mass is 225 g/mol. The Morgan fingerprint density at radius 1 is 1.38 bits per heavy atom. The van der Waals surface area contributed by atoms with Crippen LogP contribution in [0.15, 0.2) is 4.52 Å². The molecule has 4 nitrogen and oxygen atoms in total. The van der Waals surface area contributed by atoms with Crippen LogP contribution in [0, 0.1) is 11.3 Å². The second-order valence-corrected chi connectivity index (χ2v) is 5.70. The summed E-state index contributed by atoms with van der Waals surface area (Å²) in [5.74, 6) is 1.68. The van der Waals surface area contributed by atoms with Crippen molar-refractivity contribution in [2.75, 3.05) is 0 Å². The summed E-state index contributed by atoms with van der Waals surface area (Å²) in [4.78, 5) is 4.36. The average Bonchev–Trinajstić information content (AvgIpc) is 2.61. The smallest absolute Gasteiger partial charge is 0.243 e. The van der Waals surface area contributed by atoms with Gasteiger partial charge in [0, 0.05) is 6.42 Å². The van der Waals surface area contributed by atoms with E-state index in [2.05, 4.69) is 44.8 Å². The van der Waals surface area contributed by atoms with Gasteiger partial charge >= 0.3 is 0 Å². The molecule has 2 atom stereocenters. The van der Waals surface area contributed by atoms with Crippen LogP contribution in [-0.4, -0.2) is 10.1 Å². The minimum atomic E-state index is -0.147. The lowest BCUT2D eigenvalue weighted by atomic mass is 9.92. The highest BCUT2D eigenvalue weighted by Crippen LogP contribution is 2.23. The second-order valence-electron chi connectivity index (χ2n) is 5.70. The number of nitrogens with two attached hydrogens (primary N) is 1. The third kappa shape index (κ3) is 3.59. The van der Waals surface area contributed by atoms with Gasteiger partial charge in [-0.05, 0) is 11.3 Å². The van der Waals surface area contributed by atoms with Gasteiger partial charge < -0.3 is 10.3 Å². The van der Waals surface area contributed by atoms with Crippen LogP contribution in [0.5, 0.6) is 0 Å². The highest BCUT2D eigenvalue weighted by molar-refractivity contribution is 4.95. The van der Waals surface area contributed by atoms with E-state index in [1.807, 2.05) is 0 Å². The fourth-order valence-electron chi connectivity index (χ4n) is 1.45. The molecule has 1 rings (SSSR count). The molecule has 0 aliphatic rings. The van der Waals surface area contributed by atoms with Crippen LogP contribution >= 0.6 is 0 Å². The predicted molar refractivity (Wildman–Crippen MR) is 63.8 cm³/mol. The molecule has 0 saturated carbocycles. The predicted octanol–water partition coefficient (Wildman–Crippen LogP) is 2.70. The Morgan fingerprint density at radius 2 is 2.00 bits per heavy atom. The first-order chi connectivity index (χ1) is 7.33. The molecule has 2 N–H and O–H groups in total. The van der Waals surface area contributed by atoms with Crippen LogP contribution in [-0.2, 0) is 6.42 Å². The number of rotatable bonds is 4. The lowest BCUT2D eigenvalue weighted by Crippen LogP contribution is -2.19. The maximum Gasteiger partial charge on any atom is 0.243 e. The number of aromatic nitrogens is 2. The normalized spacial score (nSPS) is 16.1. The molecule has 4 heteroatoms. The van der Waals surface area contributed by atoms with Crippen molar-refractivity contribution in [2.24, 2.45) is 17.1 Å². The van der Waals surface area contributed by atoms with E-state index in [-0.39, 0.29) is 11.5 Å². The summed E-state index contributed by atoms with van der Waals surface area (Å²) in [5, 5.41) is 3.97. The first-order valence-electron chi connectivity index (χ1n) is 5.91. The number of hydrogen-bond donors (Lipinski definition) is 1. The lowest BCUT2D eigenvalue weighted by molar-refractivity contribution is 0.307. The molecule has 1 heterocycles. The van der Waals surface area contributed by atoms with Gasteiger partial charge in [0.05, 0.1) is 6.04 Å². The fraction of sp³-hybridized carbons (Fsp3) is 0.833. The Bertz CT molecular complexity index is 327. The van der Waals surface area contributed by atoms with Gasteiger partial charge in [0.25, 0.3) is 0 Å². The van der Waals surface area contributed by atoms with Crippen molar-refractivity contribution in [2.45, 2.75) is 53.5 Å². The zero-order valence-corrected chi connectivity index (χ0v) is 10.9. The fourth-order valence-corrected chi connectivity index (χ4v) is 1.45. The second kappa shape index (κ2) is 4.95. The van der Waals surface area contributed by atoms with E-state index in [1.54, 1.807) is 0 Å². The van der Waals surface area contributed by atoms with E-state index in [9.17, 15) is 0 Å². The van der Waals surface area contributed by atoms with Gasteiger partial charge in [0.1, 0.15) is 0 Å². The maximum absolute atomic E-state index is 6.03. The summed E-state index contributed by atoms with van der Waals surface area (Å²) >= 11 is 0. The van der Waals surface area contributed by atoms with Gasteiger partial charge in [0.2, 0.25) is 5.89 Å². The summed E-state index contributed by atoms with van der Waals surface area (Å²) in [6.07, 6.45) is 1.82. The SMILES string of the molecule is CC[C@H](C)[C@H](N)c1nc(CC(C)(C)C)no1.